The lowest BCUT2D eigenvalue weighted by Crippen LogP contribution is -2.04. The van der Waals surface area contributed by atoms with E-state index in [2.05, 4.69) is 25.2 Å². The lowest BCUT2D eigenvalue weighted by molar-refractivity contribution is 1.02. The fourth-order valence-corrected chi connectivity index (χ4v) is 2.54. The fourth-order valence-electron chi connectivity index (χ4n) is 2.54. The molecule has 2 aromatic heterocycles. The van der Waals surface area contributed by atoms with E-state index in [0.29, 0.717) is 5.56 Å². The molecule has 0 radical (unpaired) electrons. The third-order valence-corrected chi connectivity index (χ3v) is 3.89. The van der Waals surface area contributed by atoms with Crippen molar-refractivity contribution in [3.05, 3.63) is 70.1 Å². The first-order valence-corrected chi connectivity index (χ1v) is 7.57. The highest BCUT2D eigenvalue weighted by atomic mass is 16.1. The van der Waals surface area contributed by atoms with Crippen LogP contribution in [0.15, 0.2) is 58.3 Å². The number of hydrogen-bond donors (Lipinski definition) is 3. The summed E-state index contributed by atoms with van der Waals surface area (Å²) in [6.45, 7) is 1.82. The molecular formula is C18H15N5O. The minimum atomic E-state index is -0.171. The van der Waals surface area contributed by atoms with Crippen molar-refractivity contribution in [2.45, 2.75) is 6.92 Å². The molecule has 0 spiro atoms. The van der Waals surface area contributed by atoms with Crippen LogP contribution in [0.4, 0.5) is 5.69 Å². The molecule has 0 aliphatic rings. The molecule has 24 heavy (non-hydrogen) atoms. The van der Waals surface area contributed by atoms with Crippen LogP contribution in [0.1, 0.15) is 11.3 Å². The molecule has 4 aromatic rings. The van der Waals surface area contributed by atoms with E-state index in [1.807, 2.05) is 55.5 Å². The van der Waals surface area contributed by atoms with Gasteiger partial charge in [-0.15, -0.1) is 0 Å². The van der Waals surface area contributed by atoms with Crippen LogP contribution in [0, 0.1) is 6.92 Å². The Balaban J connectivity index is 1.61. The van der Waals surface area contributed by atoms with Gasteiger partial charge in [-0.2, -0.15) is 0 Å². The van der Waals surface area contributed by atoms with Gasteiger partial charge in [0.25, 0.3) is 5.56 Å². The number of imidazole rings is 1. The molecule has 0 atom stereocenters. The maximum Gasteiger partial charge on any atom is 0.272 e. The fraction of sp³-hybridized carbons (Fsp3) is 0.0556. The molecular weight excluding hydrogens is 302 g/mol. The number of H-pyrrole nitrogens is 3. The Morgan fingerprint density at radius 3 is 2.54 bits per heavy atom. The average Bonchev–Trinajstić information content (AvgIpc) is 3.17. The SMILES string of the molecule is Cc1[nH][nH]c(=O)c1C=Nc1ccc(-c2nc3ccccc3[nH]2)cc1. The van der Waals surface area contributed by atoms with Crippen LogP contribution in [0.5, 0.6) is 0 Å². The van der Waals surface area contributed by atoms with Crippen molar-refractivity contribution < 1.29 is 0 Å². The Bertz CT molecular complexity index is 1050. The topological polar surface area (TPSA) is 89.7 Å². The molecule has 0 saturated carbocycles. The van der Waals surface area contributed by atoms with E-state index in [-0.39, 0.29) is 5.56 Å². The zero-order valence-electron chi connectivity index (χ0n) is 13.0. The molecule has 0 aliphatic heterocycles. The number of hydrogen-bond acceptors (Lipinski definition) is 3. The molecule has 2 aromatic carbocycles. The van der Waals surface area contributed by atoms with E-state index in [4.69, 9.17) is 0 Å². The Morgan fingerprint density at radius 1 is 1.04 bits per heavy atom. The highest BCUT2D eigenvalue weighted by Crippen LogP contribution is 2.22. The van der Waals surface area contributed by atoms with Gasteiger partial charge in [0.05, 0.1) is 22.3 Å². The maximum atomic E-state index is 11.6. The molecule has 0 saturated heterocycles. The van der Waals surface area contributed by atoms with Crippen LogP contribution in [0.2, 0.25) is 0 Å². The number of benzene rings is 2. The molecule has 0 bridgehead atoms. The van der Waals surface area contributed by atoms with Crippen molar-refractivity contribution in [1.29, 1.82) is 0 Å². The van der Waals surface area contributed by atoms with Crippen molar-refractivity contribution in [3.63, 3.8) is 0 Å². The van der Waals surface area contributed by atoms with Crippen molar-refractivity contribution in [1.82, 2.24) is 20.2 Å². The normalized spacial score (nSPS) is 11.5. The average molecular weight is 317 g/mol. The molecule has 4 rings (SSSR count). The van der Waals surface area contributed by atoms with E-state index >= 15 is 0 Å². The Kier molecular flexibility index (Phi) is 3.35. The van der Waals surface area contributed by atoms with Crippen LogP contribution in [0.3, 0.4) is 0 Å². The van der Waals surface area contributed by atoms with Gasteiger partial charge in [-0.1, -0.05) is 12.1 Å². The second-order valence-electron chi connectivity index (χ2n) is 5.53. The van der Waals surface area contributed by atoms with Crippen molar-refractivity contribution in [3.8, 4) is 11.4 Å². The van der Waals surface area contributed by atoms with Crippen LogP contribution in [-0.4, -0.2) is 26.4 Å². The van der Waals surface area contributed by atoms with Gasteiger partial charge in [0.15, 0.2) is 0 Å². The minimum Gasteiger partial charge on any atom is -0.338 e. The molecule has 6 heteroatoms. The maximum absolute atomic E-state index is 11.6. The molecule has 3 N–H and O–H groups in total. The predicted molar refractivity (Wildman–Crippen MR) is 94.9 cm³/mol. The number of rotatable bonds is 3. The van der Waals surface area contributed by atoms with E-state index < -0.39 is 0 Å². The number of para-hydroxylation sites is 2. The summed E-state index contributed by atoms with van der Waals surface area (Å²) in [5.74, 6) is 0.824. The number of aryl methyl sites for hydroxylation is 1. The summed E-state index contributed by atoms with van der Waals surface area (Å²) in [5.41, 5.74) is 4.85. The van der Waals surface area contributed by atoms with E-state index in [0.717, 1.165) is 33.8 Å². The minimum absolute atomic E-state index is 0.171. The Labute approximate surface area is 137 Å². The lowest BCUT2D eigenvalue weighted by atomic mass is 10.2. The second-order valence-corrected chi connectivity index (χ2v) is 5.53. The van der Waals surface area contributed by atoms with Gasteiger partial charge in [0, 0.05) is 17.5 Å². The predicted octanol–water partition coefficient (Wildman–Crippen LogP) is 3.31. The molecule has 2 heterocycles. The Morgan fingerprint density at radius 2 is 1.83 bits per heavy atom. The summed E-state index contributed by atoms with van der Waals surface area (Å²) in [4.78, 5) is 23.8. The third kappa shape index (κ3) is 2.54. The highest BCUT2D eigenvalue weighted by Gasteiger charge is 2.05. The zero-order valence-corrected chi connectivity index (χ0v) is 13.0. The van der Waals surface area contributed by atoms with E-state index in [1.165, 1.54) is 0 Å². The number of aromatic nitrogens is 4. The van der Waals surface area contributed by atoms with Crippen LogP contribution in [-0.2, 0) is 0 Å². The van der Waals surface area contributed by atoms with Gasteiger partial charge in [-0.25, -0.2) is 4.98 Å². The van der Waals surface area contributed by atoms with Crippen molar-refractivity contribution in [2.75, 3.05) is 0 Å². The zero-order chi connectivity index (χ0) is 16.5. The summed E-state index contributed by atoms with van der Waals surface area (Å²) in [6, 6.07) is 15.6. The molecule has 0 unspecified atom stereocenters. The smallest absolute Gasteiger partial charge is 0.272 e. The monoisotopic (exact) mass is 317 g/mol. The largest absolute Gasteiger partial charge is 0.338 e. The summed E-state index contributed by atoms with van der Waals surface area (Å²) >= 11 is 0. The van der Waals surface area contributed by atoms with E-state index in [9.17, 15) is 4.79 Å². The van der Waals surface area contributed by atoms with Gasteiger partial charge in [-0.05, 0) is 43.3 Å². The van der Waals surface area contributed by atoms with Crippen molar-refractivity contribution in [2.24, 2.45) is 4.99 Å². The van der Waals surface area contributed by atoms with Gasteiger partial charge in [-0.3, -0.25) is 14.9 Å². The Hall–Kier alpha value is -3.41. The second kappa shape index (κ2) is 5.66. The van der Waals surface area contributed by atoms with Gasteiger partial charge < -0.3 is 10.1 Å². The van der Waals surface area contributed by atoms with Crippen molar-refractivity contribution >= 4 is 22.9 Å². The number of fused-ring (bicyclic) bond motifs is 1. The summed E-state index contributed by atoms with van der Waals surface area (Å²) in [5, 5.41) is 5.31. The first-order valence-electron chi connectivity index (χ1n) is 7.57. The molecule has 118 valence electrons. The standard InChI is InChI=1S/C18H15N5O/c1-11-14(18(24)23-22-11)10-19-13-8-6-12(7-9-13)17-20-15-4-2-3-5-16(15)21-17/h2-10H,1H3,(H,20,21)(H2,22,23,24). The van der Waals surface area contributed by atoms with Crippen LogP contribution < -0.4 is 5.56 Å². The number of nitrogens with one attached hydrogen (secondary N) is 3. The molecule has 0 aliphatic carbocycles. The summed E-state index contributed by atoms with van der Waals surface area (Å²) < 4.78 is 0. The summed E-state index contributed by atoms with van der Waals surface area (Å²) in [6.07, 6.45) is 1.57. The van der Waals surface area contributed by atoms with Gasteiger partial charge in [0.1, 0.15) is 5.82 Å². The molecule has 0 fully saturated rings. The van der Waals surface area contributed by atoms with Gasteiger partial charge >= 0.3 is 0 Å². The number of aliphatic imine (C=N–C) groups is 1. The molecule has 6 nitrogen and oxygen atoms in total. The van der Waals surface area contributed by atoms with Gasteiger partial charge in [0.2, 0.25) is 0 Å². The highest BCUT2D eigenvalue weighted by molar-refractivity contribution is 5.83. The number of nitrogens with zero attached hydrogens (tertiary/aromatic N) is 2. The van der Waals surface area contributed by atoms with E-state index in [1.54, 1.807) is 6.21 Å². The number of aromatic amines is 3. The molecule has 0 amide bonds. The summed E-state index contributed by atoms with van der Waals surface area (Å²) in [7, 11) is 0. The third-order valence-electron chi connectivity index (χ3n) is 3.89. The van der Waals surface area contributed by atoms with Crippen LogP contribution in [0.25, 0.3) is 22.4 Å². The lowest BCUT2D eigenvalue weighted by Gasteiger charge is -1.97. The first-order chi connectivity index (χ1) is 11.7. The first kappa shape index (κ1) is 14.2. The van der Waals surface area contributed by atoms with Crippen LogP contribution >= 0.6 is 0 Å². The quantitative estimate of drug-likeness (QED) is 0.506.